The molecule has 1 spiro atoms. The number of amides is 1. The first-order valence-electron chi connectivity index (χ1n) is 10.2. The van der Waals surface area contributed by atoms with Gasteiger partial charge in [0.2, 0.25) is 0 Å². The fourth-order valence-corrected chi connectivity index (χ4v) is 5.54. The van der Waals surface area contributed by atoms with E-state index in [0.29, 0.717) is 5.92 Å². The predicted molar refractivity (Wildman–Crippen MR) is 109 cm³/mol. The number of nitrogens with zero attached hydrogens (tertiary/aromatic N) is 3. The number of rotatable bonds is 4. The molecule has 1 saturated heterocycles. The summed E-state index contributed by atoms with van der Waals surface area (Å²) < 4.78 is 6.35. The molecule has 4 heterocycles. The van der Waals surface area contributed by atoms with Crippen molar-refractivity contribution >= 4 is 23.1 Å². The van der Waals surface area contributed by atoms with Crippen molar-refractivity contribution in [1.82, 2.24) is 15.5 Å². The van der Waals surface area contributed by atoms with E-state index in [9.17, 15) is 4.79 Å². The van der Waals surface area contributed by atoms with Crippen LogP contribution in [0.15, 0.2) is 18.2 Å². The molecular formula is C21H26N4O2S. The van der Waals surface area contributed by atoms with Crippen LogP contribution in [0, 0.1) is 12.8 Å². The van der Waals surface area contributed by atoms with Gasteiger partial charge >= 0.3 is 0 Å². The number of fused-ring (bicyclic) bond motifs is 2. The Morgan fingerprint density at radius 3 is 2.86 bits per heavy atom. The first kappa shape index (κ1) is 18.1. The van der Waals surface area contributed by atoms with E-state index in [1.807, 2.05) is 19.1 Å². The van der Waals surface area contributed by atoms with E-state index < -0.39 is 0 Å². The highest BCUT2D eigenvalue weighted by molar-refractivity contribution is 7.14. The van der Waals surface area contributed by atoms with Crippen molar-refractivity contribution in [3.05, 3.63) is 39.2 Å². The number of thiophene rings is 1. The van der Waals surface area contributed by atoms with Gasteiger partial charge in [-0.05, 0) is 68.7 Å². The fraction of sp³-hybridized carbons (Fsp3) is 0.571. The van der Waals surface area contributed by atoms with Crippen LogP contribution in [0.5, 0.6) is 0 Å². The molecule has 7 heteroatoms. The maximum absolute atomic E-state index is 12.6. The lowest BCUT2D eigenvalue weighted by molar-refractivity contribution is -0.0735. The number of hydrogen-bond acceptors (Lipinski definition) is 6. The van der Waals surface area contributed by atoms with Gasteiger partial charge in [0.15, 0.2) is 5.82 Å². The third kappa shape index (κ3) is 3.42. The minimum atomic E-state index is -0.248. The number of aryl methyl sites for hydroxylation is 1. The second-order valence-electron chi connectivity index (χ2n) is 8.23. The zero-order valence-corrected chi connectivity index (χ0v) is 17.1. The normalized spacial score (nSPS) is 20.8. The molecule has 0 radical (unpaired) electrons. The van der Waals surface area contributed by atoms with E-state index in [0.717, 1.165) is 61.9 Å². The summed E-state index contributed by atoms with van der Waals surface area (Å²) in [7, 11) is 0. The van der Waals surface area contributed by atoms with Crippen molar-refractivity contribution in [2.24, 2.45) is 5.92 Å². The lowest BCUT2D eigenvalue weighted by Crippen LogP contribution is -2.46. The molecule has 6 nitrogen and oxygen atoms in total. The number of aromatic nitrogens is 2. The highest BCUT2D eigenvalue weighted by atomic mass is 32.1. The second-order valence-corrected chi connectivity index (χ2v) is 9.28. The van der Waals surface area contributed by atoms with Crippen molar-refractivity contribution in [2.75, 3.05) is 31.1 Å². The Kier molecular flexibility index (Phi) is 4.59. The Bertz CT molecular complexity index is 867. The maximum atomic E-state index is 12.6. The molecule has 28 heavy (non-hydrogen) atoms. The summed E-state index contributed by atoms with van der Waals surface area (Å²) >= 11 is 1.64. The summed E-state index contributed by atoms with van der Waals surface area (Å²) in [6.07, 6.45) is 5.23. The Balaban J connectivity index is 1.31. The fourth-order valence-electron chi connectivity index (χ4n) is 4.21. The van der Waals surface area contributed by atoms with Crippen LogP contribution >= 0.6 is 11.3 Å². The van der Waals surface area contributed by atoms with E-state index in [2.05, 4.69) is 26.5 Å². The third-order valence-corrected chi connectivity index (χ3v) is 7.48. The highest BCUT2D eigenvalue weighted by Crippen LogP contribution is 2.45. The molecule has 1 saturated carbocycles. The number of hydrogen-bond donors (Lipinski definition) is 1. The van der Waals surface area contributed by atoms with E-state index in [1.165, 1.54) is 23.3 Å². The van der Waals surface area contributed by atoms with Gasteiger partial charge in [-0.25, -0.2) is 0 Å². The Morgan fingerprint density at radius 2 is 2.14 bits per heavy atom. The summed E-state index contributed by atoms with van der Waals surface area (Å²) in [5.74, 6) is 1.71. The molecule has 0 aromatic carbocycles. The summed E-state index contributed by atoms with van der Waals surface area (Å²) in [5, 5.41) is 11.6. The van der Waals surface area contributed by atoms with Gasteiger partial charge in [0.05, 0.1) is 17.2 Å². The lowest BCUT2D eigenvalue weighted by atomic mass is 9.85. The van der Waals surface area contributed by atoms with Crippen molar-refractivity contribution in [3.8, 4) is 0 Å². The summed E-state index contributed by atoms with van der Waals surface area (Å²) in [6, 6.07) is 6.15. The van der Waals surface area contributed by atoms with Crippen LogP contribution in [0.25, 0.3) is 0 Å². The molecule has 2 aromatic heterocycles. The number of anilines is 1. The molecule has 0 bridgehead atoms. The van der Waals surface area contributed by atoms with Gasteiger partial charge in [-0.3, -0.25) is 4.79 Å². The molecule has 5 rings (SSSR count). The van der Waals surface area contributed by atoms with Crippen LogP contribution < -0.4 is 10.2 Å². The minimum Gasteiger partial charge on any atom is -0.369 e. The molecule has 1 N–H and O–H groups in total. The van der Waals surface area contributed by atoms with Crippen LogP contribution in [-0.2, 0) is 16.8 Å². The van der Waals surface area contributed by atoms with Crippen LogP contribution in [-0.4, -0.2) is 42.3 Å². The maximum Gasteiger partial charge on any atom is 0.261 e. The standard InChI is InChI=1S/C21H26N4O2S/c1-14-2-5-18(24-23-14)25-9-7-21(8-10-25)19-16(6-11-27-21)12-17(28-19)20(26)22-13-15-3-4-15/h2,5,12,15H,3-4,6-11,13H2,1H3,(H,22,26). The molecule has 148 valence electrons. The van der Waals surface area contributed by atoms with Gasteiger partial charge in [-0.1, -0.05) is 0 Å². The molecule has 0 unspecified atom stereocenters. The number of piperidine rings is 1. The Labute approximate surface area is 169 Å². The van der Waals surface area contributed by atoms with Crippen LogP contribution in [0.1, 0.15) is 51.5 Å². The molecule has 0 atom stereocenters. The third-order valence-electron chi connectivity index (χ3n) is 6.12. The molecule has 1 aliphatic carbocycles. The smallest absolute Gasteiger partial charge is 0.261 e. The quantitative estimate of drug-likeness (QED) is 0.857. The number of nitrogens with one attached hydrogen (secondary N) is 1. The summed E-state index contributed by atoms with van der Waals surface area (Å²) in [6.45, 7) is 5.28. The monoisotopic (exact) mass is 398 g/mol. The van der Waals surface area contributed by atoms with E-state index >= 15 is 0 Å². The zero-order valence-electron chi connectivity index (χ0n) is 16.2. The second kappa shape index (κ2) is 7.12. The lowest BCUT2D eigenvalue weighted by Gasteiger charge is -2.44. The van der Waals surface area contributed by atoms with Crippen molar-refractivity contribution < 1.29 is 9.53 Å². The Hall–Kier alpha value is -1.99. The van der Waals surface area contributed by atoms with E-state index in [1.54, 1.807) is 11.3 Å². The van der Waals surface area contributed by atoms with Gasteiger partial charge in [0.1, 0.15) is 5.60 Å². The van der Waals surface area contributed by atoms with Crippen LogP contribution in [0.2, 0.25) is 0 Å². The number of ether oxygens (including phenoxy) is 1. The summed E-state index contributed by atoms with van der Waals surface area (Å²) in [5.41, 5.74) is 1.99. The average Bonchev–Trinajstić information content (AvgIpc) is 3.44. The van der Waals surface area contributed by atoms with Crippen molar-refractivity contribution in [2.45, 2.75) is 44.6 Å². The Morgan fingerprint density at radius 1 is 1.32 bits per heavy atom. The van der Waals surface area contributed by atoms with Gasteiger partial charge in [-0.2, -0.15) is 5.10 Å². The van der Waals surface area contributed by atoms with Gasteiger partial charge in [0.25, 0.3) is 5.91 Å². The SMILES string of the molecule is Cc1ccc(N2CCC3(CC2)OCCc2cc(C(=O)NCC4CC4)sc23)nn1. The van der Waals surface area contributed by atoms with Crippen molar-refractivity contribution in [1.29, 1.82) is 0 Å². The van der Waals surface area contributed by atoms with Gasteiger partial charge < -0.3 is 15.0 Å². The minimum absolute atomic E-state index is 0.0776. The summed E-state index contributed by atoms with van der Waals surface area (Å²) in [4.78, 5) is 17.0. The predicted octanol–water partition coefficient (Wildman–Crippen LogP) is 3.05. The largest absolute Gasteiger partial charge is 0.369 e. The van der Waals surface area contributed by atoms with Crippen molar-refractivity contribution in [3.63, 3.8) is 0 Å². The number of carbonyl (C=O) groups excluding carboxylic acids is 1. The molecule has 2 fully saturated rings. The molecule has 3 aliphatic rings. The van der Waals surface area contributed by atoms with Crippen LogP contribution in [0.3, 0.4) is 0 Å². The average molecular weight is 399 g/mol. The highest BCUT2D eigenvalue weighted by Gasteiger charge is 2.43. The van der Waals surface area contributed by atoms with Gasteiger partial charge in [0, 0.05) is 24.5 Å². The van der Waals surface area contributed by atoms with E-state index in [4.69, 9.17) is 4.74 Å². The molecule has 1 amide bonds. The molecular weight excluding hydrogens is 372 g/mol. The molecule has 2 aliphatic heterocycles. The topological polar surface area (TPSA) is 67.3 Å². The zero-order chi connectivity index (χ0) is 19.1. The van der Waals surface area contributed by atoms with Crippen LogP contribution in [0.4, 0.5) is 5.82 Å². The first-order chi connectivity index (χ1) is 13.6. The van der Waals surface area contributed by atoms with Gasteiger partial charge in [-0.15, -0.1) is 16.4 Å². The number of carbonyl (C=O) groups is 1. The molecule has 2 aromatic rings. The first-order valence-corrected chi connectivity index (χ1v) is 11.1. The van der Waals surface area contributed by atoms with E-state index in [-0.39, 0.29) is 11.5 Å².